The molecule has 1 aromatic carbocycles. The van der Waals surface area contributed by atoms with Crippen LogP contribution in [0.25, 0.3) is 0 Å². The van der Waals surface area contributed by atoms with Crippen LogP contribution in [0.2, 0.25) is 0 Å². The predicted octanol–water partition coefficient (Wildman–Crippen LogP) is 2.23. The zero-order valence-corrected chi connectivity index (χ0v) is 9.83. The van der Waals surface area contributed by atoms with Gasteiger partial charge in [0.15, 0.2) is 0 Å². The lowest BCUT2D eigenvalue weighted by molar-refractivity contribution is 0.592. The van der Waals surface area contributed by atoms with E-state index in [1.165, 1.54) is 5.56 Å². The van der Waals surface area contributed by atoms with Gasteiger partial charge in [0.1, 0.15) is 0 Å². The van der Waals surface area contributed by atoms with Gasteiger partial charge in [-0.25, -0.2) is 0 Å². The Morgan fingerprint density at radius 1 is 1.00 bits per heavy atom. The largest absolute Gasteiger partial charge is 0.330 e. The summed E-state index contributed by atoms with van der Waals surface area (Å²) in [6.45, 7) is 1.45. The molecule has 0 heterocycles. The minimum Gasteiger partial charge on any atom is -0.330 e. The van der Waals surface area contributed by atoms with Gasteiger partial charge >= 0.3 is 0 Å². The van der Waals surface area contributed by atoms with E-state index in [0.29, 0.717) is 5.92 Å². The van der Waals surface area contributed by atoms with Crippen molar-refractivity contribution in [3.05, 3.63) is 34.3 Å². The summed E-state index contributed by atoms with van der Waals surface area (Å²) >= 11 is 3.42. The van der Waals surface area contributed by atoms with Gasteiger partial charge in [0, 0.05) is 4.47 Å². The molecule has 0 bridgehead atoms. The van der Waals surface area contributed by atoms with Gasteiger partial charge < -0.3 is 11.5 Å². The van der Waals surface area contributed by atoms with Crippen LogP contribution in [0, 0.1) is 0 Å². The average Bonchev–Trinajstić information content (AvgIpc) is 2.19. The molecular formula is C11H17BrN2. The second-order valence-electron chi connectivity index (χ2n) is 3.40. The van der Waals surface area contributed by atoms with E-state index in [-0.39, 0.29) is 0 Å². The Bertz CT molecular complexity index is 252. The van der Waals surface area contributed by atoms with Crippen LogP contribution in [-0.4, -0.2) is 13.1 Å². The van der Waals surface area contributed by atoms with E-state index >= 15 is 0 Å². The van der Waals surface area contributed by atoms with Crippen LogP contribution in [0.15, 0.2) is 28.7 Å². The first-order valence-electron chi connectivity index (χ1n) is 4.93. The number of halogens is 1. The molecule has 0 aromatic heterocycles. The molecule has 0 spiro atoms. The van der Waals surface area contributed by atoms with Gasteiger partial charge in [-0.15, -0.1) is 0 Å². The molecule has 0 saturated carbocycles. The summed E-state index contributed by atoms with van der Waals surface area (Å²) in [6.07, 6.45) is 2.03. The standard InChI is InChI=1S/C11H17BrN2/c12-11-3-1-9(2-4-11)10(5-7-13)6-8-14/h1-4,10H,5-8,13-14H2. The van der Waals surface area contributed by atoms with Crippen molar-refractivity contribution >= 4 is 15.9 Å². The maximum Gasteiger partial charge on any atom is 0.0175 e. The number of hydrogen-bond acceptors (Lipinski definition) is 2. The van der Waals surface area contributed by atoms with Crippen molar-refractivity contribution in [1.29, 1.82) is 0 Å². The molecular weight excluding hydrogens is 240 g/mol. The summed E-state index contributed by atoms with van der Waals surface area (Å²) < 4.78 is 1.11. The summed E-state index contributed by atoms with van der Waals surface area (Å²) in [6, 6.07) is 8.41. The van der Waals surface area contributed by atoms with Crippen LogP contribution in [0.1, 0.15) is 24.3 Å². The highest BCUT2D eigenvalue weighted by Gasteiger charge is 2.09. The second kappa shape index (κ2) is 6.17. The first kappa shape index (κ1) is 11.7. The monoisotopic (exact) mass is 256 g/mol. The highest BCUT2D eigenvalue weighted by atomic mass is 79.9. The third-order valence-electron chi connectivity index (χ3n) is 2.37. The van der Waals surface area contributed by atoms with Gasteiger partial charge in [0.05, 0.1) is 0 Å². The van der Waals surface area contributed by atoms with Crippen LogP contribution >= 0.6 is 15.9 Å². The number of nitrogens with two attached hydrogens (primary N) is 2. The zero-order chi connectivity index (χ0) is 10.4. The van der Waals surface area contributed by atoms with Gasteiger partial charge in [-0.1, -0.05) is 28.1 Å². The van der Waals surface area contributed by atoms with Crippen molar-refractivity contribution in [2.45, 2.75) is 18.8 Å². The summed E-state index contributed by atoms with van der Waals surface area (Å²) in [5.74, 6) is 0.512. The molecule has 0 aliphatic carbocycles. The maximum absolute atomic E-state index is 5.58. The lowest BCUT2D eigenvalue weighted by atomic mass is 9.93. The molecule has 1 rings (SSSR count). The van der Waals surface area contributed by atoms with Crippen molar-refractivity contribution < 1.29 is 0 Å². The fourth-order valence-electron chi connectivity index (χ4n) is 1.61. The Labute approximate surface area is 93.8 Å². The number of hydrogen-bond donors (Lipinski definition) is 2. The topological polar surface area (TPSA) is 52.0 Å². The Hall–Kier alpha value is -0.380. The molecule has 3 heteroatoms. The molecule has 0 atom stereocenters. The normalized spacial score (nSPS) is 10.9. The van der Waals surface area contributed by atoms with Crippen LogP contribution in [-0.2, 0) is 0 Å². The Kier molecular flexibility index (Phi) is 5.15. The first-order valence-corrected chi connectivity index (χ1v) is 5.73. The van der Waals surface area contributed by atoms with E-state index in [1.807, 2.05) is 0 Å². The summed E-state index contributed by atoms with van der Waals surface area (Å²) in [5.41, 5.74) is 12.5. The number of benzene rings is 1. The van der Waals surface area contributed by atoms with Crippen molar-refractivity contribution in [1.82, 2.24) is 0 Å². The molecule has 0 amide bonds. The molecule has 0 aliphatic heterocycles. The van der Waals surface area contributed by atoms with Crippen LogP contribution < -0.4 is 11.5 Å². The lowest BCUT2D eigenvalue weighted by Gasteiger charge is -2.15. The molecule has 0 fully saturated rings. The van der Waals surface area contributed by atoms with Crippen molar-refractivity contribution in [2.75, 3.05) is 13.1 Å². The molecule has 0 radical (unpaired) electrons. The minimum absolute atomic E-state index is 0.512. The van der Waals surface area contributed by atoms with Crippen LogP contribution in [0.3, 0.4) is 0 Å². The third-order valence-corrected chi connectivity index (χ3v) is 2.90. The van der Waals surface area contributed by atoms with Gasteiger partial charge in [-0.3, -0.25) is 0 Å². The minimum atomic E-state index is 0.512. The molecule has 1 aromatic rings. The van der Waals surface area contributed by atoms with E-state index in [0.717, 1.165) is 30.4 Å². The molecule has 4 N–H and O–H groups in total. The number of rotatable bonds is 5. The second-order valence-corrected chi connectivity index (χ2v) is 4.32. The molecule has 0 saturated heterocycles. The molecule has 0 unspecified atom stereocenters. The predicted molar refractivity (Wildman–Crippen MR) is 64.2 cm³/mol. The van der Waals surface area contributed by atoms with E-state index in [4.69, 9.17) is 11.5 Å². The maximum atomic E-state index is 5.58. The summed E-state index contributed by atoms with van der Waals surface area (Å²) in [7, 11) is 0. The molecule has 78 valence electrons. The molecule has 0 aliphatic rings. The highest BCUT2D eigenvalue weighted by Crippen LogP contribution is 2.23. The van der Waals surface area contributed by atoms with E-state index in [2.05, 4.69) is 40.2 Å². The highest BCUT2D eigenvalue weighted by molar-refractivity contribution is 9.10. The molecule has 2 nitrogen and oxygen atoms in total. The van der Waals surface area contributed by atoms with Gasteiger partial charge in [-0.05, 0) is 49.5 Å². The fraction of sp³-hybridized carbons (Fsp3) is 0.455. The first-order chi connectivity index (χ1) is 6.77. The summed E-state index contributed by atoms with van der Waals surface area (Å²) in [4.78, 5) is 0. The van der Waals surface area contributed by atoms with Crippen molar-refractivity contribution in [3.63, 3.8) is 0 Å². The summed E-state index contributed by atoms with van der Waals surface area (Å²) in [5, 5.41) is 0. The van der Waals surface area contributed by atoms with Crippen molar-refractivity contribution in [3.8, 4) is 0 Å². The quantitative estimate of drug-likeness (QED) is 0.849. The Balaban J connectivity index is 2.71. The smallest absolute Gasteiger partial charge is 0.0175 e. The zero-order valence-electron chi connectivity index (χ0n) is 8.25. The fourth-order valence-corrected chi connectivity index (χ4v) is 1.88. The Morgan fingerprint density at radius 3 is 1.93 bits per heavy atom. The Morgan fingerprint density at radius 2 is 1.50 bits per heavy atom. The van der Waals surface area contributed by atoms with Crippen LogP contribution in [0.5, 0.6) is 0 Å². The van der Waals surface area contributed by atoms with Crippen molar-refractivity contribution in [2.24, 2.45) is 11.5 Å². The van der Waals surface area contributed by atoms with Gasteiger partial charge in [0.2, 0.25) is 0 Å². The molecule has 14 heavy (non-hydrogen) atoms. The van der Waals surface area contributed by atoms with E-state index in [1.54, 1.807) is 0 Å². The van der Waals surface area contributed by atoms with E-state index in [9.17, 15) is 0 Å². The third kappa shape index (κ3) is 3.40. The van der Waals surface area contributed by atoms with Gasteiger partial charge in [-0.2, -0.15) is 0 Å². The lowest BCUT2D eigenvalue weighted by Crippen LogP contribution is -2.12. The van der Waals surface area contributed by atoms with Crippen LogP contribution in [0.4, 0.5) is 0 Å². The van der Waals surface area contributed by atoms with E-state index < -0.39 is 0 Å². The van der Waals surface area contributed by atoms with Gasteiger partial charge in [0.25, 0.3) is 0 Å². The average molecular weight is 257 g/mol. The SMILES string of the molecule is NCCC(CCN)c1ccc(Br)cc1.